The Morgan fingerprint density at radius 1 is 1.26 bits per heavy atom. The lowest BCUT2D eigenvalue weighted by molar-refractivity contribution is -0.139. The molecule has 0 bridgehead atoms. The van der Waals surface area contributed by atoms with Crippen molar-refractivity contribution in [2.24, 2.45) is 0 Å². The predicted octanol–water partition coefficient (Wildman–Crippen LogP) is 3.86. The molecule has 1 aromatic carbocycles. The molecule has 7 heteroatoms. The Morgan fingerprint density at radius 3 is 2.70 bits per heavy atom. The summed E-state index contributed by atoms with van der Waals surface area (Å²) in [5.41, 5.74) is 1.76. The minimum atomic E-state index is -1.00. The zero-order valence-corrected chi connectivity index (χ0v) is 16.0. The van der Waals surface area contributed by atoms with Crippen LogP contribution >= 0.6 is 11.3 Å². The Kier molecular flexibility index (Phi) is 6.16. The zero-order valence-electron chi connectivity index (χ0n) is 15.2. The lowest BCUT2D eigenvalue weighted by Crippen LogP contribution is -2.22. The van der Waals surface area contributed by atoms with Gasteiger partial charge in [0.15, 0.2) is 12.4 Å². The summed E-state index contributed by atoms with van der Waals surface area (Å²) >= 11 is 1.72. The molecule has 0 aliphatic heterocycles. The van der Waals surface area contributed by atoms with Crippen LogP contribution in [0.1, 0.15) is 23.4 Å². The Bertz CT molecular complexity index is 885. The van der Waals surface area contributed by atoms with Gasteiger partial charge in [-0.3, -0.25) is 4.90 Å². The van der Waals surface area contributed by atoms with Gasteiger partial charge < -0.3 is 9.84 Å². The molecule has 0 unspecified atom stereocenters. The van der Waals surface area contributed by atoms with Crippen LogP contribution in [0.15, 0.2) is 54.2 Å². The number of hydrogen-bond acceptors (Lipinski definition) is 6. The monoisotopic (exact) mass is 383 g/mol. The van der Waals surface area contributed by atoms with Crippen molar-refractivity contribution in [2.45, 2.75) is 19.5 Å². The molecule has 0 saturated heterocycles. The van der Waals surface area contributed by atoms with E-state index in [0.29, 0.717) is 18.1 Å². The summed E-state index contributed by atoms with van der Waals surface area (Å²) in [7, 11) is 2.04. The topological polar surface area (TPSA) is 75.5 Å². The van der Waals surface area contributed by atoms with Crippen LogP contribution in [0, 0.1) is 0 Å². The summed E-state index contributed by atoms with van der Waals surface area (Å²) in [4.78, 5) is 23.0. The number of aromatic nitrogens is 2. The maximum absolute atomic E-state index is 10.9. The van der Waals surface area contributed by atoms with Crippen LogP contribution in [-0.2, 0) is 11.3 Å². The molecule has 27 heavy (non-hydrogen) atoms. The number of carboxylic acid groups (broad SMARTS) is 1. The third-order valence-electron chi connectivity index (χ3n) is 4.27. The van der Waals surface area contributed by atoms with E-state index in [1.165, 1.54) is 4.88 Å². The number of aliphatic carboxylic acids is 1. The quantitative estimate of drug-likeness (QED) is 0.637. The standard InChI is InChI=1S/C20H21N3O3S/c1-14(18-5-3-10-27-18)23(2)12-16-11-15(20-21-8-4-9-22-20)6-7-17(16)26-13-19(24)25/h3-11,14H,12-13H2,1-2H3,(H,24,25)/t14-/m1/s1. The number of hydrogen-bond donors (Lipinski definition) is 1. The maximum Gasteiger partial charge on any atom is 0.341 e. The van der Waals surface area contributed by atoms with Crippen molar-refractivity contribution in [3.8, 4) is 17.1 Å². The normalized spacial score (nSPS) is 12.1. The Balaban J connectivity index is 1.87. The van der Waals surface area contributed by atoms with Crippen LogP contribution in [0.4, 0.5) is 0 Å². The van der Waals surface area contributed by atoms with Crippen LogP contribution in [0.2, 0.25) is 0 Å². The number of ether oxygens (including phenoxy) is 1. The molecule has 0 amide bonds. The molecular weight excluding hydrogens is 362 g/mol. The van der Waals surface area contributed by atoms with E-state index >= 15 is 0 Å². The van der Waals surface area contributed by atoms with Gasteiger partial charge in [-0.05, 0) is 49.7 Å². The minimum absolute atomic E-state index is 0.231. The first-order valence-electron chi connectivity index (χ1n) is 8.53. The fourth-order valence-corrected chi connectivity index (χ4v) is 3.57. The molecule has 3 rings (SSSR count). The van der Waals surface area contributed by atoms with E-state index in [2.05, 4.69) is 33.2 Å². The van der Waals surface area contributed by atoms with Crippen LogP contribution in [0.3, 0.4) is 0 Å². The van der Waals surface area contributed by atoms with E-state index in [0.717, 1.165) is 11.1 Å². The first kappa shape index (κ1) is 19.0. The van der Waals surface area contributed by atoms with E-state index in [-0.39, 0.29) is 12.6 Å². The van der Waals surface area contributed by atoms with Gasteiger partial charge in [0.1, 0.15) is 5.75 Å². The highest BCUT2D eigenvalue weighted by Crippen LogP contribution is 2.30. The molecular formula is C20H21N3O3S. The van der Waals surface area contributed by atoms with Crippen molar-refractivity contribution in [3.63, 3.8) is 0 Å². The van der Waals surface area contributed by atoms with Crippen LogP contribution in [0.25, 0.3) is 11.4 Å². The largest absolute Gasteiger partial charge is 0.482 e. The van der Waals surface area contributed by atoms with Gasteiger partial charge in [-0.25, -0.2) is 14.8 Å². The summed E-state index contributed by atoms with van der Waals surface area (Å²) in [5, 5.41) is 11.0. The van der Waals surface area contributed by atoms with Gasteiger partial charge in [-0.1, -0.05) is 6.07 Å². The van der Waals surface area contributed by atoms with Gasteiger partial charge in [0.05, 0.1) is 0 Å². The van der Waals surface area contributed by atoms with Gasteiger partial charge in [0, 0.05) is 41.0 Å². The lowest BCUT2D eigenvalue weighted by atomic mass is 10.1. The summed E-state index contributed by atoms with van der Waals surface area (Å²) < 4.78 is 5.50. The van der Waals surface area contributed by atoms with Crippen LogP contribution in [0.5, 0.6) is 5.75 Å². The highest BCUT2D eigenvalue weighted by atomic mass is 32.1. The number of rotatable bonds is 8. The van der Waals surface area contributed by atoms with E-state index in [1.54, 1.807) is 35.9 Å². The van der Waals surface area contributed by atoms with Gasteiger partial charge in [-0.15, -0.1) is 11.3 Å². The van der Waals surface area contributed by atoms with Crippen molar-refractivity contribution < 1.29 is 14.6 Å². The van der Waals surface area contributed by atoms with Crippen molar-refractivity contribution in [1.82, 2.24) is 14.9 Å². The number of nitrogens with zero attached hydrogens (tertiary/aromatic N) is 3. The molecule has 2 aromatic heterocycles. The second-order valence-corrected chi connectivity index (χ2v) is 7.16. The number of carboxylic acids is 1. The Morgan fingerprint density at radius 2 is 2.04 bits per heavy atom. The molecule has 1 N–H and O–H groups in total. The first-order valence-corrected chi connectivity index (χ1v) is 9.41. The van der Waals surface area contributed by atoms with Crippen molar-refractivity contribution >= 4 is 17.3 Å². The third kappa shape index (κ3) is 4.90. The van der Waals surface area contributed by atoms with E-state index in [9.17, 15) is 4.79 Å². The van der Waals surface area contributed by atoms with Gasteiger partial charge in [0.25, 0.3) is 0 Å². The van der Waals surface area contributed by atoms with Gasteiger partial charge in [0.2, 0.25) is 0 Å². The molecule has 3 aromatic rings. The summed E-state index contributed by atoms with van der Waals surface area (Å²) in [6.07, 6.45) is 3.39. The highest BCUT2D eigenvalue weighted by Gasteiger charge is 2.16. The van der Waals surface area contributed by atoms with E-state index < -0.39 is 5.97 Å². The minimum Gasteiger partial charge on any atom is -0.482 e. The molecule has 0 fully saturated rings. The smallest absolute Gasteiger partial charge is 0.341 e. The predicted molar refractivity (Wildman–Crippen MR) is 105 cm³/mol. The molecule has 0 radical (unpaired) electrons. The Labute approximate surface area is 162 Å². The maximum atomic E-state index is 10.9. The highest BCUT2D eigenvalue weighted by molar-refractivity contribution is 7.10. The number of carbonyl (C=O) groups is 1. The molecule has 1 atom stereocenters. The SMILES string of the molecule is C[C@H](c1cccs1)N(C)Cc1cc(-c2ncccn2)ccc1OCC(=O)O. The fraction of sp³-hybridized carbons (Fsp3) is 0.250. The molecule has 0 aliphatic carbocycles. The summed E-state index contributed by atoms with van der Waals surface area (Å²) in [6, 6.07) is 11.7. The van der Waals surface area contributed by atoms with Crippen LogP contribution in [-0.4, -0.2) is 39.6 Å². The van der Waals surface area contributed by atoms with Crippen molar-refractivity contribution in [3.05, 3.63) is 64.6 Å². The van der Waals surface area contributed by atoms with E-state index in [1.807, 2.05) is 25.2 Å². The molecule has 0 spiro atoms. The van der Waals surface area contributed by atoms with Crippen molar-refractivity contribution in [2.75, 3.05) is 13.7 Å². The zero-order chi connectivity index (χ0) is 19.2. The second kappa shape index (κ2) is 8.75. The number of benzene rings is 1. The lowest BCUT2D eigenvalue weighted by Gasteiger charge is -2.25. The van der Waals surface area contributed by atoms with Gasteiger partial charge >= 0.3 is 5.97 Å². The molecule has 0 aliphatic rings. The molecule has 6 nitrogen and oxygen atoms in total. The first-order chi connectivity index (χ1) is 13.0. The van der Waals surface area contributed by atoms with E-state index in [4.69, 9.17) is 9.84 Å². The molecule has 2 heterocycles. The summed E-state index contributed by atoms with van der Waals surface area (Å²) in [6.45, 7) is 2.38. The average Bonchev–Trinajstić information content (AvgIpc) is 3.21. The second-order valence-electron chi connectivity index (χ2n) is 6.18. The van der Waals surface area contributed by atoms with Crippen LogP contribution < -0.4 is 4.74 Å². The summed E-state index contributed by atoms with van der Waals surface area (Å²) in [5.74, 6) is 0.177. The average molecular weight is 383 g/mol. The molecule has 140 valence electrons. The van der Waals surface area contributed by atoms with Crippen molar-refractivity contribution in [1.29, 1.82) is 0 Å². The molecule has 0 saturated carbocycles. The fourth-order valence-electron chi connectivity index (χ4n) is 2.72. The third-order valence-corrected chi connectivity index (χ3v) is 5.31. The van der Waals surface area contributed by atoms with Gasteiger partial charge in [-0.2, -0.15) is 0 Å². The Hall–Kier alpha value is -2.77. The number of thiophene rings is 1.